The second-order valence-corrected chi connectivity index (χ2v) is 3.80. The second kappa shape index (κ2) is 8.36. The van der Waals surface area contributed by atoms with Crippen LogP contribution in [0.3, 0.4) is 0 Å². The minimum absolute atomic E-state index is 0.0660. The lowest BCUT2D eigenvalue weighted by Crippen LogP contribution is -2.30. The van der Waals surface area contributed by atoms with Gasteiger partial charge in [-0.05, 0) is 25.0 Å². The fourth-order valence-corrected chi connectivity index (χ4v) is 1.36. The van der Waals surface area contributed by atoms with Crippen LogP contribution in [-0.2, 0) is 0 Å². The molecule has 18 heavy (non-hydrogen) atoms. The summed E-state index contributed by atoms with van der Waals surface area (Å²) in [6.07, 6.45) is 1.46. The number of rotatable bonds is 7. The molecule has 0 aromatic heterocycles. The van der Waals surface area contributed by atoms with Crippen LogP contribution < -0.4 is 15.4 Å². The Morgan fingerprint density at radius 1 is 1.39 bits per heavy atom. The van der Waals surface area contributed by atoms with Crippen molar-refractivity contribution in [3.8, 4) is 5.75 Å². The van der Waals surface area contributed by atoms with Gasteiger partial charge in [-0.15, -0.1) is 0 Å². The molecule has 0 radical (unpaired) electrons. The predicted octanol–water partition coefficient (Wildman–Crippen LogP) is 1.98. The Bertz CT molecular complexity index is 369. The van der Waals surface area contributed by atoms with Crippen molar-refractivity contribution in [3.05, 3.63) is 24.3 Å². The molecule has 0 saturated heterocycles. The van der Waals surface area contributed by atoms with Crippen molar-refractivity contribution >= 4 is 11.7 Å². The van der Waals surface area contributed by atoms with Gasteiger partial charge in [-0.25, -0.2) is 4.79 Å². The van der Waals surface area contributed by atoms with Gasteiger partial charge in [-0.3, -0.25) is 0 Å². The first-order valence-electron chi connectivity index (χ1n) is 6.15. The van der Waals surface area contributed by atoms with Gasteiger partial charge in [-0.2, -0.15) is 0 Å². The van der Waals surface area contributed by atoms with Crippen LogP contribution in [0.4, 0.5) is 10.5 Å². The molecule has 0 aliphatic carbocycles. The molecule has 0 unspecified atom stereocenters. The lowest BCUT2D eigenvalue weighted by Gasteiger charge is -2.12. The number of para-hydroxylation sites is 2. The molecule has 0 atom stereocenters. The number of amides is 2. The van der Waals surface area contributed by atoms with Crippen LogP contribution in [0.25, 0.3) is 0 Å². The summed E-state index contributed by atoms with van der Waals surface area (Å²) in [7, 11) is 0. The third-order valence-corrected chi connectivity index (χ3v) is 2.22. The Hall–Kier alpha value is -1.75. The van der Waals surface area contributed by atoms with Crippen LogP contribution >= 0.6 is 0 Å². The van der Waals surface area contributed by atoms with E-state index in [1.165, 1.54) is 0 Å². The van der Waals surface area contributed by atoms with Crippen molar-refractivity contribution in [2.75, 3.05) is 25.1 Å². The standard InChI is InChI=1S/C13H20N2O3/c1-2-10-18-12-7-4-3-6-11(12)15-13(17)14-8-5-9-16/h3-4,6-7,16H,2,5,8-10H2,1H3,(H2,14,15,17). The maximum absolute atomic E-state index is 11.6. The number of aliphatic hydroxyl groups is 1. The zero-order chi connectivity index (χ0) is 13.2. The minimum Gasteiger partial charge on any atom is -0.491 e. The maximum Gasteiger partial charge on any atom is 0.319 e. The lowest BCUT2D eigenvalue weighted by atomic mass is 10.3. The summed E-state index contributed by atoms with van der Waals surface area (Å²) in [5.41, 5.74) is 0.646. The van der Waals surface area contributed by atoms with E-state index in [2.05, 4.69) is 10.6 Å². The molecule has 0 bridgehead atoms. The minimum atomic E-state index is -0.295. The smallest absolute Gasteiger partial charge is 0.319 e. The summed E-state index contributed by atoms with van der Waals surface area (Å²) in [5.74, 6) is 0.664. The largest absolute Gasteiger partial charge is 0.491 e. The molecule has 0 aliphatic rings. The van der Waals surface area contributed by atoms with Gasteiger partial charge in [0.1, 0.15) is 5.75 Å². The van der Waals surface area contributed by atoms with Gasteiger partial charge in [0.25, 0.3) is 0 Å². The molecular formula is C13H20N2O3. The topological polar surface area (TPSA) is 70.6 Å². The van der Waals surface area contributed by atoms with Gasteiger partial charge in [0, 0.05) is 13.2 Å². The number of aliphatic hydroxyl groups excluding tert-OH is 1. The predicted molar refractivity (Wildman–Crippen MR) is 71.0 cm³/mol. The van der Waals surface area contributed by atoms with Crippen LogP contribution in [0.1, 0.15) is 19.8 Å². The van der Waals surface area contributed by atoms with Crippen molar-refractivity contribution in [2.45, 2.75) is 19.8 Å². The normalized spacial score (nSPS) is 9.89. The van der Waals surface area contributed by atoms with Crippen LogP contribution in [0, 0.1) is 0 Å². The Labute approximate surface area is 107 Å². The third-order valence-electron chi connectivity index (χ3n) is 2.22. The van der Waals surface area contributed by atoms with E-state index < -0.39 is 0 Å². The number of anilines is 1. The highest BCUT2D eigenvalue weighted by Gasteiger charge is 2.06. The van der Waals surface area contributed by atoms with E-state index in [9.17, 15) is 4.79 Å². The van der Waals surface area contributed by atoms with Crippen molar-refractivity contribution in [1.82, 2.24) is 5.32 Å². The maximum atomic E-state index is 11.6. The first-order chi connectivity index (χ1) is 8.77. The molecular weight excluding hydrogens is 232 g/mol. The van der Waals surface area contributed by atoms with Crippen molar-refractivity contribution in [3.63, 3.8) is 0 Å². The van der Waals surface area contributed by atoms with Crippen molar-refractivity contribution in [1.29, 1.82) is 0 Å². The number of ether oxygens (including phenoxy) is 1. The number of carbonyl (C=O) groups excluding carboxylic acids is 1. The van der Waals surface area contributed by atoms with Gasteiger partial charge in [-0.1, -0.05) is 19.1 Å². The lowest BCUT2D eigenvalue weighted by molar-refractivity contribution is 0.248. The van der Waals surface area contributed by atoms with Crippen molar-refractivity contribution < 1.29 is 14.6 Å². The highest BCUT2D eigenvalue weighted by Crippen LogP contribution is 2.23. The summed E-state index contributed by atoms with van der Waals surface area (Å²) < 4.78 is 5.53. The number of urea groups is 1. The first kappa shape index (κ1) is 14.3. The first-order valence-corrected chi connectivity index (χ1v) is 6.15. The highest BCUT2D eigenvalue weighted by atomic mass is 16.5. The van der Waals surface area contributed by atoms with Gasteiger partial charge < -0.3 is 20.5 Å². The van der Waals surface area contributed by atoms with E-state index in [1.54, 1.807) is 6.07 Å². The summed E-state index contributed by atoms with van der Waals surface area (Å²) >= 11 is 0. The molecule has 5 nitrogen and oxygen atoms in total. The Morgan fingerprint density at radius 2 is 2.17 bits per heavy atom. The SMILES string of the molecule is CCCOc1ccccc1NC(=O)NCCCO. The summed E-state index contributed by atoms with van der Waals surface area (Å²) in [4.78, 5) is 11.6. The molecule has 0 aliphatic heterocycles. The molecule has 0 fully saturated rings. The molecule has 0 saturated carbocycles. The Morgan fingerprint density at radius 3 is 2.89 bits per heavy atom. The van der Waals surface area contributed by atoms with E-state index >= 15 is 0 Å². The molecule has 100 valence electrons. The van der Waals surface area contributed by atoms with E-state index in [1.807, 2.05) is 25.1 Å². The number of nitrogens with one attached hydrogen (secondary N) is 2. The molecule has 0 heterocycles. The fourth-order valence-electron chi connectivity index (χ4n) is 1.36. The van der Waals surface area contributed by atoms with Gasteiger partial charge in [0.05, 0.1) is 12.3 Å². The summed E-state index contributed by atoms with van der Waals surface area (Å²) in [5, 5.41) is 14.0. The van der Waals surface area contributed by atoms with Crippen LogP contribution in [0.2, 0.25) is 0 Å². The number of benzene rings is 1. The highest BCUT2D eigenvalue weighted by molar-refractivity contribution is 5.90. The number of hydrogen-bond donors (Lipinski definition) is 3. The molecule has 1 aromatic rings. The summed E-state index contributed by atoms with van der Waals surface area (Å²) in [6.45, 7) is 3.15. The molecule has 5 heteroatoms. The van der Waals surface area contributed by atoms with Crippen LogP contribution in [0.5, 0.6) is 5.75 Å². The zero-order valence-electron chi connectivity index (χ0n) is 10.6. The van der Waals surface area contributed by atoms with Gasteiger partial charge in [0.2, 0.25) is 0 Å². The summed E-state index contributed by atoms with van der Waals surface area (Å²) in [6, 6.07) is 7.01. The average molecular weight is 252 g/mol. The quantitative estimate of drug-likeness (QED) is 0.650. The van der Waals surface area contributed by atoms with Crippen LogP contribution in [0.15, 0.2) is 24.3 Å². The molecule has 3 N–H and O–H groups in total. The molecule has 0 spiro atoms. The zero-order valence-corrected chi connectivity index (χ0v) is 10.6. The Balaban J connectivity index is 2.51. The molecule has 2 amide bonds. The fraction of sp³-hybridized carbons (Fsp3) is 0.462. The van der Waals surface area contributed by atoms with E-state index in [0.29, 0.717) is 31.0 Å². The van der Waals surface area contributed by atoms with Crippen molar-refractivity contribution in [2.24, 2.45) is 0 Å². The number of carbonyl (C=O) groups is 1. The van der Waals surface area contributed by atoms with Gasteiger partial charge in [0.15, 0.2) is 0 Å². The monoisotopic (exact) mass is 252 g/mol. The average Bonchev–Trinajstić information content (AvgIpc) is 2.38. The van der Waals surface area contributed by atoms with E-state index in [4.69, 9.17) is 9.84 Å². The molecule has 1 aromatic carbocycles. The van der Waals surface area contributed by atoms with Gasteiger partial charge >= 0.3 is 6.03 Å². The Kier molecular flexibility index (Phi) is 6.64. The third kappa shape index (κ3) is 5.05. The van der Waals surface area contributed by atoms with E-state index in [0.717, 1.165) is 6.42 Å². The second-order valence-electron chi connectivity index (χ2n) is 3.80. The van der Waals surface area contributed by atoms with Crippen LogP contribution in [-0.4, -0.2) is 30.9 Å². The molecule has 1 rings (SSSR count). The number of hydrogen-bond acceptors (Lipinski definition) is 3. The van der Waals surface area contributed by atoms with E-state index in [-0.39, 0.29) is 12.6 Å².